The van der Waals surface area contributed by atoms with E-state index in [0.717, 1.165) is 0 Å². The third kappa shape index (κ3) is 5.08. The van der Waals surface area contributed by atoms with Gasteiger partial charge in [0.05, 0.1) is 0 Å². The van der Waals surface area contributed by atoms with Crippen molar-refractivity contribution >= 4 is 0 Å². The molecule has 0 aromatic heterocycles. The minimum Gasteiger partial charge on any atom is -0.200 e. The number of alkyl halides is 26. The standard InChI is InChI=1S/C15H6F26/c1-3(5(18,19)7(22,23)9(26,27)11(30,31)13(34,35)15(39,40)41)2-4(16,17)6(20,21)8(24,25)10(28,29)12(32,33)14(36,37)38/h3H,2H2,1H3. The molecule has 1 unspecified atom stereocenters. The van der Waals surface area contributed by atoms with Crippen LogP contribution in [0.15, 0.2) is 0 Å². The molecule has 0 aliphatic carbocycles. The summed E-state index contributed by atoms with van der Waals surface area (Å²) < 4.78 is 338. The summed E-state index contributed by atoms with van der Waals surface area (Å²) in [6.07, 6.45) is -20.3. The molecule has 0 aliphatic heterocycles. The summed E-state index contributed by atoms with van der Waals surface area (Å²) in [7, 11) is 0. The molecule has 0 nitrogen and oxygen atoms in total. The summed E-state index contributed by atoms with van der Waals surface area (Å²) in [5, 5.41) is 0. The van der Waals surface area contributed by atoms with Gasteiger partial charge in [-0.25, -0.2) is 0 Å². The summed E-state index contributed by atoms with van der Waals surface area (Å²) in [5.74, 6) is -88.8. The van der Waals surface area contributed by atoms with E-state index in [-0.39, 0.29) is 0 Å². The van der Waals surface area contributed by atoms with Crippen molar-refractivity contribution in [2.75, 3.05) is 0 Å². The lowest BCUT2D eigenvalue weighted by Gasteiger charge is -2.43. The number of rotatable bonds is 11. The minimum atomic E-state index is -8.71. The van der Waals surface area contributed by atoms with E-state index in [0.29, 0.717) is 0 Å². The van der Waals surface area contributed by atoms with Gasteiger partial charge in [0.15, 0.2) is 0 Å². The first-order chi connectivity index (χ1) is 17.1. The maximum Gasteiger partial charge on any atom is 0.460 e. The predicted octanol–water partition coefficient (Wildman–Crippen LogP) is 9.49. The van der Waals surface area contributed by atoms with E-state index >= 15 is 0 Å². The van der Waals surface area contributed by atoms with E-state index in [4.69, 9.17) is 0 Å². The van der Waals surface area contributed by atoms with Crippen LogP contribution in [0.25, 0.3) is 0 Å². The molecule has 0 aliphatic rings. The first-order valence-electron chi connectivity index (χ1n) is 9.04. The SMILES string of the molecule is CC(CC(F)(F)C(F)(F)C(F)(F)C(F)(F)C(F)(F)C(F)(F)F)C(F)(F)C(F)(F)C(F)(F)C(F)(F)C(F)(F)C(F)(F)F. The molecule has 0 amide bonds. The van der Waals surface area contributed by atoms with Crippen LogP contribution in [0.2, 0.25) is 0 Å². The summed E-state index contributed by atoms with van der Waals surface area (Å²) >= 11 is 0. The first kappa shape index (κ1) is 39.2. The fourth-order valence-electron chi connectivity index (χ4n) is 2.53. The molecule has 0 saturated carbocycles. The number of halogens is 26. The van der Waals surface area contributed by atoms with Crippen LogP contribution in [-0.2, 0) is 0 Å². The fraction of sp³-hybridized carbons (Fsp3) is 1.00. The molecule has 26 heteroatoms. The van der Waals surface area contributed by atoms with Crippen molar-refractivity contribution in [1.82, 2.24) is 0 Å². The lowest BCUT2D eigenvalue weighted by molar-refractivity contribution is -0.448. The van der Waals surface area contributed by atoms with Gasteiger partial charge in [-0.2, -0.15) is 114 Å². The van der Waals surface area contributed by atoms with Gasteiger partial charge in [0, 0.05) is 12.3 Å². The van der Waals surface area contributed by atoms with Crippen molar-refractivity contribution in [2.24, 2.45) is 5.92 Å². The Balaban J connectivity index is 6.80. The van der Waals surface area contributed by atoms with Crippen molar-refractivity contribution in [3.05, 3.63) is 0 Å². The van der Waals surface area contributed by atoms with Crippen molar-refractivity contribution < 1.29 is 114 Å². The van der Waals surface area contributed by atoms with Gasteiger partial charge in [-0.3, -0.25) is 0 Å². The zero-order valence-corrected chi connectivity index (χ0v) is 18.1. The largest absolute Gasteiger partial charge is 0.460 e. The van der Waals surface area contributed by atoms with E-state index in [1.54, 1.807) is 0 Å². The average molecular weight is 680 g/mol. The molecule has 0 fully saturated rings. The molecule has 0 radical (unpaired) electrons. The van der Waals surface area contributed by atoms with Gasteiger partial charge in [-0.15, -0.1) is 0 Å². The van der Waals surface area contributed by atoms with Gasteiger partial charge in [0.2, 0.25) is 0 Å². The second-order valence-corrected chi connectivity index (χ2v) is 8.02. The predicted molar refractivity (Wildman–Crippen MR) is 75.4 cm³/mol. The fourth-order valence-corrected chi connectivity index (χ4v) is 2.53. The van der Waals surface area contributed by atoms with Crippen LogP contribution in [0.1, 0.15) is 13.3 Å². The van der Waals surface area contributed by atoms with Crippen LogP contribution < -0.4 is 0 Å². The van der Waals surface area contributed by atoms with E-state index in [9.17, 15) is 114 Å². The van der Waals surface area contributed by atoms with Gasteiger partial charge >= 0.3 is 71.6 Å². The second-order valence-electron chi connectivity index (χ2n) is 8.02. The minimum absolute atomic E-state index is 1.23. The summed E-state index contributed by atoms with van der Waals surface area (Å²) in [6.45, 7) is -1.23. The Morgan fingerprint density at radius 3 is 0.780 bits per heavy atom. The lowest BCUT2D eigenvalue weighted by Crippen LogP contribution is -2.72. The maximum absolute atomic E-state index is 13.8. The van der Waals surface area contributed by atoms with Crippen LogP contribution in [0, 0.1) is 5.92 Å². The van der Waals surface area contributed by atoms with Crippen LogP contribution in [-0.4, -0.2) is 71.6 Å². The first-order valence-corrected chi connectivity index (χ1v) is 9.04. The lowest BCUT2D eigenvalue weighted by atomic mass is 9.83. The van der Waals surface area contributed by atoms with Crippen molar-refractivity contribution in [2.45, 2.75) is 84.9 Å². The molecule has 0 bridgehead atoms. The Morgan fingerprint density at radius 1 is 0.317 bits per heavy atom. The van der Waals surface area contributed by atoms with Crippen LogP contribution in [0.3, 0.4) is 0 Å². The zero-order chi connectivity index (χ0) is 34.3. The Labute approximate surface area is 206 Å². The molecular weight excluding hydrogens is 674 g/mol. The van der Waals surface area contributed by atoms with E-state index < -0.39 is 90.8 Å². The highest BCUT2D eigenvalue weighted by Crippen LogP contribution is 2.64. The van der Waals surface area contributed by atoms with E-state index in [1.807, 2.05) is 0 Å². The van der Waals surface area contributed by atoms with E-state index in [2.05, 4.69) is 0 Å². The van der Waals surface area contributed by atoms with Crippen LogP contribution in [0.4, 0.5) is 114 Å². The van der Waals surface area contributed by atoms with Gasteiger partial charge < -0.3 is 0 Å². The number of hydrogen-bond acceptors (Lipinski definition) is 0. The number of hydrogen-bond donors (Lipinski definition) is 0. The molecule has 41 heavy (non-hydrogen) atoms. The molecule has 0 N–H and O–H groups in total. The van der Waals surface area contributed by atoms with Gasteiger partial charge in [0.25, 0.3) is 0 Å². The summed E-state index contributed by atoms with van der Waals surface area (Å²) in [4.78, 5) is 0. The quantitative estimate of drug-likeness (QED) is 0.191. The van der Waals surface area contributed by atoms with Crippen molar-refractivity contribution in [3.8, 4) is 0 Å². The topological polar surface area (TPSA) is 0 Å². The third-order valence-corrected chi connectivity index (χ3v) is 5.14. The maximum atomic E-state index is 13.8. The Hall–Kier alpha value is -1.82. The van der Waals surface area contributed by atoms with Crippen molar-refractivity contribution in [3.63, 3.8) is 0 Å². The molecule has 0 aromatic rings. The highest BCUT2D eigenvalue weighted by molar-refractivity contribution is 5.13. The highest BCUT2D eigenvalue weighted by Gasteiger charge is 2.93. The molecule has 0 heterocycles. The molecule has 0 rings (SSSR count). The molecule has 248 valence electrons. The monoisotopic (exact) mass is 680 g/mol. The average Bonchev–Trinajstić information content (AvgIpc) is 2.70. The van der Waals surface area contributed by atoms with Crippen molar-refractivity contribution in [1.29, 1.82) is 0 Å². The smallest absolute Gasteiger partial charge is 0.200 e. The summed E-state index contributed by atoms with van der Waals surface area (Å²) in [5.41, 5.74) is 0. The Morgan fingerprint density at radius 2 is 0.537 bits per heavy atom. The third-order valence-electron chi connectivity index (χ3n) is 5.14. The van der Waals surface area contributed by atoms with Gasteiger partial charge in [-0.1, -0.05) is 6.92 Å². The molecule has 1 atom stereocenters. The Kier molecular flexibility index (Phi) is 9.17. The normalized spacial score (nSPS) is 17.6. The Bertz CT molecular complexity index is 930. The molecule has 0 saturated heterocycles. The van der Waals surface area contributed by atoms with E-state index in [1.165, 1.54) is 0 Å². The molecular formula is C15H6F26. The van der Waals surface area contributed by atoms with Crippen LogP contribution >= 0.6 is 0 Å². The zero-order valence-electron chi connectivity index (χ0n) is 18.1. The molecule has 0 aromatic carbocycles. The molecule has 0 spiro atoms. The second kappa shape index (κ2) is 9.59. The van der Waals surface area contributed by atoms with Gasteiger partial charge in [0.1, 0.15) is 0 Å². The highest BCUT2D eigenvalue weighted by atomic mass is 19.4. The van der Waals surface area contributed by atoms with Crippen LogP contribution in [0.5, 0.6) is 0 Å². The summed E-state index contributed by atoms with van der Waals surface area (Å²) in [6, 6.07) is 0. The van der Waals surface area contributed by atoms with Gasteiger partial charge in [-0.05, 0) is 0 Å².